The monoisotopic (exact) mass is 280 g/mol. The predicted octanol–water partition coefficient (Wildman–Crippen LogP) is 5.08. The van der Waals surface area contributed by atoms with Gasteiger partial charge in [-0.2, -0.15) is 13.2 Å². The van der Waals surface area contributed by atoms with Crippen LogP contribution in [0.2, 0.25) is 0 Å². The normalized spacial score (nSPS) is 26.4. The molecule has 1 fully saturated rings. The highest BCUT2D eigenvalue weighted by Gasteiger charge is 2.42. The molecule has 0 spiro atoms. The van der Waals surface area contributed by atoms with Gasteiger partial charge in [-0.1, -0.05) is 39.0 Å². The summed E-state index contributed by atoms with van der Waals surface area (Å²) >= 11 is 0. The fourth-order valence-electron chi connectivity index (χ4n) is 3.02. The Morgan fingerprint density at radius 1 is 1.00 bits per heavy atom. The number of unbranched alkanes of at least 4 members (excludes halogenated alkanes) is 4. The molecule has 0 aromatic carbocycles. The van der Waals surface area contributed by atoms with E-state index in [0.717, 1.165) is 19.3 Å². The maximum atomic E-state index is 12.5. The van der Waals surface area contributed by atoms with Crippen LogP contribution >= 0.6 is 0 Å². The van der Waals surface area contributed by atoms with Crippen LogP contribution in [0.5, 0.6) is 0 Å². The summed E-state index contributed by atoms with van der Waals surface area (Å²) in [7, 11) is 0. The van der Waals surface area contributed by atoms with Gasteiger partial charge in [-0.25, -0.2) is 0 Å². The van der Waals surface area contributed by atoms with Gasteiger partial charge < -0.3 is 5.11 Å². The quantitative estimate of drug-likeness (QED) is 0.645. The summed E-state index contributed by atoms with van der Waals surface area (Å²) in [6.07, 6.45) is 3.52. The molecule has 0 radical (unpaired) electrons. The van der Waals surface area contributed by atoms with E-state index >= 15 is 0 Å². The van der Waals surface area contributed by atoms with Crippen LogP contribution in [0.4, 0.5) is 13.2 Å². The molecule has 0 heterocycles. The second-order valence-corrected chi connectivity index (χ2v) is 5.92. The summed E-state index contributed by atoms with van der Waals surface area (Å²) in [6.45, 7) is 2.16. The molecule has 1 nitrogen and oxygen atoms in total. The Hall–Kier alpha value is -0.250. The number of rotatable bonds is 7. The van der Waals surface area contributed by atoms with Crippen LogP contribution < -0.4 is 0 Å². The standard InChI is InChI=1S/C15H27F3O/c1-2-3-4-5-6-7-14(19)12-8-10-13(11-9-12)15(16,17)18/h12-14,19H,2-11H2,1H3. The zero-order chi connectivity index (χ0) is 14.3. The van der Waals surface area contributed by atoms with E-state index in [1.165, 1.54) is 19.3 Å². The average Bonchev–Trinajstić information content (AvgIpc) is 2.37. The van der Waals surface area contributed by atoms with Crippen molar-refractivity contribution < 1.29 is 18.3 Å². The van der Waals surface area contributed by atoms with Crippen LogP contribution in [-0.2, 0) is 0 Å². The lowest BCUT2D eigenvalue weighted by molar-refractivity contribution is -0.185. The van der Waals surface area contributed by atoms with E-state index in [1.807, 2.05) is 0 Å². The zero-order valence-electron chi connectivity index (χ0n) is 11.9. The molecule has 4 heteroatoms. The van der Waals surface area contributed by atoms with E-state index in [-0.39, 0.29) is 18.8 Å². The third-order valence-corrected chi connectivity index (χ3v) is 4.38. The van der Waals surface area contributed by atoms with Gasteiger partial charge in [-0.3, -0.25) is 0 Å². The third-order valence-electron chi connectivity index (χ3n) is 4.38. The molecule has 114 valence electrons. The zero-order valence-corrected chi connectivity index (χ0v) is 11.9. The smallest absolute Gasteiger partial charge is 0.391 e. The molecule has 0 aliphatic heterocycles. The largest absolute Gasteiger partial charge is 0.393 e. The number of aliphatic hydroxyl groups excluding tert-OH is 1. The summed E-state index contributed by atoms with van der Waals surface area (Å²) in [5.41, 5.74) is 0. The average molecular weight is 280 g/mol. The molecular weight excluding hydrogens is 253 g/mol. The molecule has 0 aromatic heterocycles. The van der Waals surface area contributed by atoms with Crippen molar-refractivity contribution >= 4 is 0 Å². The van der Waals surface area contributed by atoms with Gasteiger partial charge in [0.15, 0.2) is 0 Å². The molecule has 1 rings (SSSR count). The topological polar surface area (TPSA) is 20.2 Å². The van der Waals surface area contributed by atoms with Gasteiger partial charge in [-0.15, -0.1) is 0 Å². The van der Waals surface area contributed by atoms with E-state index in [1.54, 1.807) is 0 Å². The Labute approximate surface area is 114 Å². The molecule has 1 atom stereocenters. The molecule has 1 unspecified atom stereocenters. The molecule has 0 bridgehead atoms. The van der Waals surface area contributed by atoms with Gasteiger partial charge in [0.25, 0.3) is 0 Å². The fourth-order valence-corrected chi connectivity index (χ4v) is 3.02. The van der Waals surface area contributed by atoms with Crippen LogP contribution in [0.25, 0.3) is 0 Å². The first-order valence-corrected chi connectivity index (χ1v) is 7.70. The van der Waals surface area contributed by atoms with E-state index < -0.39 is 18.2 Å². The summed E-state index contributed by atoms with van der Waals surface area (Å²) in [5, 5.41) is 10.0. The summed E-state index contributed by atoms with van der Waals surface area (Å²) in [6, 6.07) is 0. The Balaban J connectivity index is 2.16. The van der Waals surface area contributed by atoms with Gasteiger partial charge in [0, 0.05) is 0 Å². The summed E-state index contributed by atoms with van der Waals surface area (Å²) in [4.78, 5) is 0. The SMILES string of the molecule is CCCCCCCC(O)C1CCC(C(F)(F)F)CC1. The lowest BCUT2D eigenvalue weighted by Crippen LogP contribution is -2.32. The van der Waals surface area contributed by atoms with E-state index in [9.17, 15) is 18.3 Å². The second-order valence-electron chi connectivity index (χ2n) is 5.92. The molecule has 0 saturated heterocycles. The van der Waals surface area contributed by atoms with Crippen LogP contribution in [0.15, 0.2) is 0 Å². The molecule has 1 saturated carbocycles. The van der Waals surface area contributed by atoms with E-state index in [2.05, 4.69) is 6.92 Å². The number of halogens is 3. The lowest BCUT2D eigenvalue weighted by Gasteiger charge is -2.32. The third kappa shape index (κ3) is 6.15. The molecular formula is C15H27F3O. The highest BCUT2D eigenvalue weighted by molar-refractivity contribution is 4.80. The van der Waals surface area contributed by atoms with Crippen molar-refractivity contribution in [1.82, 2.24) is 0 Å². The fraction of sp³-hybridized carbons (Fsp3) is 1.00. The minimum Gasteiger partial charge on any atom is -0.393 e. The second kappa shape index (κ2) is 8.13. The van der Waals surface area contributed by atoms with Crippen molar-refractivity contribution in [2.75, 3.05) is 0 Å². The lowest BCUT2D eigenvalue weighted by atomic mass is 9.78. The summed E-state index contributed by atoms with van der Waals surface area (Å²) < 4.78 is 37.6. The molecule has 1 aliphatic carbocycles. The first-order chi connectivity index (χ1) is 8.95. The Morgan fingerprint density at radius 3 is 2.11 bits per heavy atom. The van der Waals surface area contributed by atoms with Crippen LogP contribution in [-0.4, -0.2) is 17.4 Å². The number of hydrogen-bond donors (Lipinski definition) is 1. The highest BCUT2D eigenvalue weighted by Crippen LogP contribution is 2.40. The van der Waals surface area contributed by atoms with Crippen LogP contribution in [0.3, 0.4) is 0 Å². The first-order valence-electron chi connectivity index (χ1n) is 7.70. The molecule has 19 heavy (non-hydrogen) atoms. The minimum atomic E-state index is -4.05. The first kappa shape index (κ1) is 16.8. The van der Waals surface area contributed by atoms with Crippen molar-refractivity contribution in [3.63, 3.8) is 0 Å². The number of aliphatic hydroxyl groups is 1. The van der Waals surface area contributed by atoms with Gasteiger partial charge in [0.05, 0.1) is 12.0 Å². The van der Waals surface area contributed by atoms with Crippen molar-refractivity contribution in [3.05, 3.63) is 0 Å². The summed E-state index contributed by atoms with van der Waals surface area (Å²) in [5.74, 6) is -1.05. The maximum absolute atomic E-state index is 12.5. The molecule has 1 aliphatic rings. The van der Waals surface area contributed by atoms with Gasteiger partial charge in [0.1, 0.15) is 0 Å². The van der Waals surface area contributed by atoms with Crippen molar-refractivity contribution in [2.45, 2.75) is 83.4 Å². The molecule has 0 aromatic rings. The van der Waals surface area contributed by atoms with E-state index in [4.69, 9.17) is 0 Å². The van der Waals surface area contributed by atoms with Crippen molar-refractivity contribution in [1.29, 1.82) is 0 Å². The number of alkyl halides is 3. The van der Waals surface area contributed by atoms with Crippen molar-refractivity contribution in [2.24, 2.45) is 11.8 Å². The van der Waals surface area contributed by atoms with Gasteiger partial charge >= 0.3 is 6.18 Å². The van der Waals surface area contributed by atoms with E-state index in [0.29, 0.717) is 12.8 Å². The predicted molar refractivity (Wildman–Crippen MR) is 70.9 cm³/mol. The number of hydrogen-bond acceptors (Lipinski definition) is 1. The molecule has 0 amide bonds. The highest BCUT2D eigenvalue weighted by atomic mass is 19.4. The minimum absolute atomic E-state index is 0.0878. The van der Waals surface area contributed by atoms with Crippen molar-refractivity contribution in [3.8, 4) is 0 Å². The van der Waals surface area contributed by atoms with Crippen LogP contribution in [0.1, 0.15) is 71.1 Å². The maximum Gasteiger partial charge on any atom is 0.391 e. The van der Waals surface area contributed by atoms with Crippen LogP contribution in [0, 0.1) is 11.8 Å². The Morgan fingerprint density at radius 2 is 1.58 bits per heavy atom. The Bertz CT molecular complexity index is 232. The Kier molecular flexibility index (Phi) is 7.19. The van der Waals surface area contributed by atoms with Gasteiger partial charge in [0.2, 0.25) is 0 Å². The van der Waals surface area contributed by atoms with Gasteiger partial charge in [-0.05, 0) is 38.0 Å². The molecule has 1 N–H and O–H groups in total.